The molecule has 0 saturated heterocycles. The summed E-state index contributed by atoms with van der Waals surface area (Å²) in [4.78, 5) is 9.32. The molecule has 0 atom stereocenters. The molecule has 0 spiro atoms. The van der Waals surface area contributed by atoms with Gasteiger partial charge in [-0.3, -0.25) is 5.43 Å². The Morgan fingerprint density at radius 2 is 1.87 bits per heavy atom. The Hall–Kier alpha value is -3.26. The number of hydrogen-bond donors (Lipinski definition) is 1. The smallest absolute Gasteiger partial charge is 0.191 e. The summed E-state index contributed by atoms with van der Waals surface area (Å²) in [7, 11) is 0. The first kappa shape index (κ1) is 20.0. The summed E-state index contributed by atoms with van der Waals surface area (Å²) in [5, 5.41) is 13.7. The Morgan fingerprint density at radius 1 is 1.07 bits per heavy atom. The number of hydrazone groups is 1. The highest BCUT2D eigenvalue weighted by Crippen LogP contribution is 2.23. The highest BCUT2D eigenvalue weighted by atomic mass is 32.2. The number of nitrogens with zero attached hydrogens (tertiary/aromatic N) is 6. The van der Waals surface area contributed by atoms with Crippen LogP contribution in [-0.4, -0.2) is 36.9 Å². The van der Waals surface area contributed by atoms with Gasteiger partial charge in [0.25, 0.3) is 0 Å². The zero-order valence-electron chi connectivity index (χ0n) is 17.0. The standard InChI is InChI=1S/C22H23N7S/c1-3-13-30-22-24-20(27-23-14-17-11-9-16(2)10-12-17)19-21(25-22)29(28-26-19)15-18-7-5-4-6-8-18/h4-12,14H,3,13,15H2,1-2H3,(H,24,25,27)/b23-14+. The second-order valence-electron chi connectivity index (χ2n) is 6.89. The van der Waals surface area contributed by atoms with Gasteiger partial charge in [0.2, 0.25) is 0 Å². The van der Waals surface area contributed by atoms with Gasteiger partial charge in [-0.05, 0) is 24.5 Å². The Bertz CT molecular complexity index is 1140. The Labute approximate surface area is 179 Å². The fraction of sp³-hybridized carbons (Fsp3) is 0.227. The second-order valence-corrected chi connectivity index (χ2v) is 7.95. The average molecular weight is 418 g/mol. The normalized spacial score (nSPS) is 11.4. The molecule has 0 bridgehead atoms. The van der Waals surface area contributed by atoms with Crippen LogP contribution in [0.4, 0.5) is 5.82 Å². The molecule has 0 saturated carbocycles. The number of nitrogens with one attached hydrogen (secondary N) is 1. The first-order chi connectivity index (χ1) is 14.7. The third kappa shape index (κ3) is 4.83. The van der Waals surface area contributed by atoms with E-state index in [1.165, 1.54) is 5.56 Å². The van der Waals surface area contributed by atoms with Crippen LogP contribution in [0.1, 0.15) is 30.0 Å². The summed E-state index contributed by atoms with van der Waals surface area (Å²) >= 11 is 1.62. The number of aromatic nitrogens is 5. The molecule has 0 aliphatic rings. The van der Waals surface area contributed by atoms with Crippen LogP contribution < -0.4 is 5.43 Å². The van der Waals surface area contributed by atoms with Crippen molar-refractivity contribution < 1.29 is 0 Å². The van der Waals surface area contributed by atoms with E-state index in [4.69, 9.17) is 4.98 Å². The predicted molar refractivity (Wildman–Crippen MR) is 122 cm³/mol. The van der Waals surface area contributed by atoms with Crippen LogP contribution in [0.25, 0.3) is 11.2 Å². The van der Waals surface area contributed by atoms with Crippen molar-refractivity contribution in [1.29, 1.82) is 0 Å². The minimum absolute atomic E-state index is 0.557. The van der Waals surface area contributed by atoms with Gasteiger partial charge in [-0.15, -0.1) is 5.10 Å². The molecule has 30 heavy (non-hydrogen) atoms. The number of hydrogen-bond acceptors (Lipinski definition) is 7. The number of thioether (sulfide) groups is 1. The van der Waals surface area contributed by atoms with Crippen molar-refractivity contribution in [3.63, 3.8) is 0 Å². The van der Waals surface area contributed by atoms with Crippen LogP contribution in [-0.2, 0) is 6.54 Å². The van der Waals surface area contributed by atoms with Gasteiger partial charge in [0.1, 0.15) is 0 Å². The van der Waals surface area contributed by atoms with E-state index in [1.54, 1.807) is 22.7 Å². The van der Waals surface area contributed by atoms with Crippen LogP contribution in [0, 0.1) is 6.92 Å². The van der Waals surface area contributed by atoms with E-state index >= 15 is 0 Å². The lowest BCUT2D eigenvalue weighted by Crippen LogP contribution is -2.04. The predicted octanol–water partition coefficient (Wildman–Crippen LogP) is 4.53. The summed E-state index contributed by atoms with van der Waals surface area (Å²) in [6.07, 6.45) is 2.81. The highest BCUT2D eigenvalue weighted by molar-refractivity contribution is 7.99. The molecule has 8 heteroatoms. The van der Waals surface area contributed by atoms with Gasteiger partial charge >= 0.3 is 0 Å². The first-order valence-electron chi connectivity index (χ1n) is 9.86. The van der Waals surface area contributed by atoms with Crippen molar-refractivity contribution in [2.75, 3.05) is 11.2 Å². The van der Waals surface area contributed by atoms with Gasteiger partial charge in [-0.1, -0.05) is 84.1 Å². The van der Waals surface area contributed by atoms with Crippen molar-refractivity contribution in [3.05, 3.63) is 71.3 Å². The van der Waals surface area contributed by atoms with E-state index in [2.05, 4.69) is 63.9 Å². The Kier molecular flexibility index (Phi) is 6.34. The van der Waals surface area contributed by atoms with Gasteiger partial charge in [-0.2, -0.15) is 5.10 Å². The maximum absolute atomic E-state index is 4.70. The minimum atomic E-state index is 0.557. The largest absolute Gasteiger partial charge is 0.259 e. The molecule has 2 heterocycles. The number of fused-ring (bicyclic) bond motifs is 1. The molecule has 4 aromatic rings. The molecule has 1 N–H and O–H groups in total. The van der Waals surface area contributed by atoms with E-state index in [1.807, 2.05) is 30.3 Å². The molecule has 7 nitrogen and oxygen atoms in total. The zero-order chi connectivity index (χ0) is 20.8. The summed E-state index contributed by atoms with van der Waals surface area (Å²) in [5.74, 6) is 1.50. The average Bonchev–Trinajstić information content (AvgIpc) is 3.17. The molecular weight excluding hydrogens is 394 g/mol. The summed E-state index contributed by atoms with van der Waals surface area (Å²) < 4.78 is 1.80. The van der Waals surface area contributed by atoms with Crippen molar-refractivity contribution in [2.45, 2.75) is 32.0 Å². The number of anilines is 1. The van der Waals surface area contributed by atoms with Crippen molar-refractivity contribution in [1.82, 2.24) is 25.0 Å². The molecule has 0 amide bonds. The van der Waals surface area contributed by atoms with Gasteiger partial charge in [-0.25, -0.2) is 14.6 Å². The molecule has 0 fully saturated rings. The Morgan fingerprint density at radius 3 is 2.63 bits per heavy atom. The van der Waals surface area contributed by atoms with Gasteiger partial charge < -0.3 is 0 Å². The second kappa shape index (κ2) is 9.49. The molecule has 4 rings (SSSR count). The molecule has 152 valence electrons. The number of rotatable bonds is 8. The summed E-state index contributed by atoms with van der Waals surface area (Å²) in [5.41, 5.74) is 7.69. The third-order valence-electron chi connectivity index (χ3n) is 4.41. The topological polar surface area (TPSA) is 80.9 Å². The fourth-order valence-electron chi connectivity index (χ4n) is 2.86. The van der Waals surface area contributed by atoms with Crippen molar-refractivity contribution in [3.8, 4) is 0 Å². The zero-order valence-corrected chi connectivity index (χ0v) is 17.8. The van der Waals surface area contributed by atoms with Gasteiger partial charge in [0.05, 0.1) is 12.8 Å². The lowest BCUT2D eigenvalue weighted by Gasteiger charge is -2.06. The Balaban J connectivity index is 1.64. The fourth-order valence-corrected chi connectivity index (χ4v) is 3.55. The molecule has 0 unspecified atom stereocenters. The lowest BCUT2D eigenvalue weighted by atomic mass is 10.2. The molecule has 0 aliphatic carbocycles. The van der Waals surface area contributed by atoms with Gasteiger partial charge in [0, 0.05) is 5.75 Å². The van der Waals surface area contributed by atoms with E-state index in [0.29, 0.717) is 28.7 Å². The van der Waals surface area contributed by atoms with Crippen LogP contribution in [0.3, 0.4) is 0 Å². The van der Waals surface area contributed by atoms with Crippen molar-refractivity contribution in [2.24, 2.45) is 5.10 Å². The highest BCUT2D eigenvalue weighted by Gasteiger charge is 2.15. The number of benzene rings is 2. The monoisotopic (exact) mass is 417 g/mol. The van der Waals surface area contributed by atoms with E-state index in [9.17, 15) is 0 Å². The molecule has 2 aromatic heterocycles. The molecule has 0 radical (unpaired) electrons. The quantitative estimate of drug-likeness (QED) is 0.196. The van der Waals surface area contributed by atoms with Crippen molar-refractivity contribution >= 4 is 35.0 Å². The van der Waals surface area contributed by atoms with Crippen LogP contribution >= 0.6 is 11.8 Å². The first-order valence-corrected chi connectivity index (χ1v) is 10.8. The lowest BCUT2D eigenvalue weighted by molar-refractivity contribution is 0.661. The van der Waals surface area contributed by atoms with Crippen LogP contribution in [0.5, 0.6) is 0 Å². The molecule has 2 aromatic carbocycles. The van der Waals surface area contributed by atoms with E-state index in [0.717, 1.165) is 23.3 Å². The van der Waals surface area contributed by atoms with Crippen LogP contribution in [0.15, 0.2) is 64.9 Å². The van der Waals surface area contributed by atoms with E-state index in [-0.39, 0.29) is 0 Å². The minimum Gasteiger partial charge on any atom is -0.259 e. The molecule has 0 aliphatic heterocycles. The maximum Gasteiger partial charge on any atom is 0.191 e. The molecular formula is C22H23N7S. The summed E-state index contributed by atoms with van der Waals surface area (Å²) in [6.45, 7) is 4.79. The van der Waals surface area contributed by atoms with Gasteiger partial charge in [0.15, 0.2) is 22.1 Å². The van der Waals surface area contributed by atoms with Crippen LogP contribution in [0.2, 0.25) is 0 Å². The maximum atomic E-state index is 4.70. The summed E-state index contributed by atoms with van der Waals surface area (Å²) in [6, 6.07) is 18.3. The van der Waals surface area contributed by atoms with E-state index < -0.39 is 0 Å². The SMILES string of the molecule is CCCSc1nc(N/N=C/c2ccc(C)cc2)c2nnn(Cc3ccccc3)c2n1. The number of aryl methyl sites for hydroxylation is 1. The third-order valence-corrected chi connectivity index (χ3v) is 5.47.